The number of carbonyl (C=O) groups excluding carboxylic acids is 4. The Morgan fingerprint density at radius 2 is 1.96 bits per heavy atom. The zero-order chi connectivity index (χ0) is 20.2. The maximum Gasteiger partial charge on any atom is 0.250 e. The quantitative estimate of drug-likeness (QED) is 0.637. The van der Waals surface area contributed by atoms with Gasteiger partial charge in [-0.25, -0.2) is 0 Å². The Kier molecular flexibility index (Phi) is 4.26. The first-order valence-electron chi connectivity index (χ1n) is 9.66. The Hall–Kier alpha value is -2.74. The maximum absolute atomic E-state index is 13.4. The minimum atomic E-state index is -1.31. The highest BCUT2D eigenvalue weighted by molar-refractivity contribution is 6.15. The fourth-order valence-electron chi connectivity index (χ4n) is 4.94. The number of nitrogens with two attached hydrogens (primary N) is 1. The van der Waals surface area contributed by atoms with Crippen molar-refractivity contribution in [3.05, 3.63) is 29.8 Å². The van der Waals surface area contributed by atoms with Crippen molar-refractivity contribution in [2.24, 2.45) is 17.6 Å². The Morgan fingerprint density at radius 1 is 1.25 bits per heavy atom. The van der Waals surface area contributed by atoms with E-state index in [0.717, 1.165) is 0 Å². The number of likely N-dealkylation sites (tertiary alicyclic amines) is 1. The lowest BCUT2D eigenvalue weighted by Crippen LogP contribution is -2.54. The van der Waals surface area contributed by atoms with Gasteiger partial charge in [0.2, 0.25) is 23.6 Å². The summed E-state index contributed by atoms with van der Waals surface area (Å²) >= 11 is 0. The van der Waals surface area contributed by atoms with Crippen LogP contribution in [0.1, 0.15) is 38.7 Å². The van der Waals surface area contributed by atoms with E-state index in [4.69, 9.17) is 5.73 Å². The lowest BCUT2D eigenvalue weighted by atomic mass is 9.76. The van der Waals surface area contributed by atoms with Gasteiger partial charge in [0.15, 0.2) is 0 Å². The number of nitrogens with zero attached hydrogens (tertiary/aromatic N) is 1. The highest BCUT2D eigenvalue weighted by Crippen LogP contribution is 2.53. The van der Waals surface area contributed by atoms with E-state index >= 15 is 0 Å². The van der Waals surface area contributed by atoms with E-state index in [9.17, 15) is 19.2 Å². The van der Waals surface area contributed by atoms with E-state index in [2.05, 4.69) is 10.6 Å². The summed E-state index contributed by atoms with van der Waals surface area (Å²) in [5.41, 5.74) is 5.31. The second kappa shape index (κ2) is 6.41. The molecule has 4 amide bonds. The van der Waals surface area contributed by atoms with Crippen molar-refractivity contribution < 1.29 is 19.2 Å². The molecule has 2 fully saturated rings. The van der Waals surface area contributed by atoms with Crippen LogP contribution in [0.25, 0.3) is 0 Å². The predicted octanol–water partition coefficient (Wildman–Crippen LogP) is 0.471. The molecule has 2 saturated heterocycles. The Balaban J connectivity index is 1.83. The molecular weight excluding hydrogens is 360 g/mol. The summed E-state index contributed by atoms with van der Waals surface area (Å²) in [6, 6.07) is 6.46. The van der Waals surface area contributed by atoms with Crippen LogP contribution in [-0.2, 0) is 24.7 Å². The molecule has 4 N–H and O–H groups in total. The smallest absolute Gasteiger partial charge is 0.250 e. The van der Waals surface area contributed by atoms with Crippen molar-refractivity contribution in [1.29, 1.82) is 0 Å². The van der Waals surface area contributed by atoms with Gasteiger partial charge in [0.1, 0.15) is 5.54 Å². The molecule has 3 aliphatic rings. The van der Waals surface area contributed by atoms with Crippen molar-refractivity contribution in [1.82, 2.24) is 10.2 Å². The summed E-state index contributed by atoms with van der Waals surface area (Å²) in [6.07, 6.45) is 0.998. The minimum Gasteiger partial charge on any atom is -0.370 e. The summed E-state index contributed by atoms with van der Waals surface area (Å²) < 4.78 is 0. The van der Waals surface area contributed by atoms with E-state index < -0.39 is 29.3 Å². The first-order chi connectivity index (χ1) is 13.3. The van der Waals surface area contributed by atoms with Gasteiger partial charge in [0, 0.05) is 29.8 Å². The third-order valence-corrected chi connectivity index (χ3v) is 6.39. The number of hydrogen-bond acceptors (Lipinski definition) is 5. The fourth-order valence-corrected chi connectivity index (χ4v) is 4.94. The Labute approximate surface area is 162 Å². The maximum atomic E-state index is 13.4. The van der Waals surface area contributed by atoms with Crippen LogP contribution in [0.15, 0.2) is 24.3 Å². The molecule has 1 aromatic rings. The molecule has 1 spiro atoms. The van der Waals surface area contributed by atoms with Crippen molar-refractivity contribution in [3.8, 4) is 0 Å². The number of hydrogen-bond donors (Lipinski definition) is 3. The van der Waals surface area contributed by atoms with Gasteiger partial charge >= 0.3 is 0 Å². The molecule has 4 rings (SSSR count). The molecule has 0 radical (unpaired) electrons. The van der Waals surface area contributed by atoms with Crippen LogP contribution in [0.3, 0.4) is 0 Å². The molecule has 0 unspecified atom stereocenters. The molecular formula is C20H24N4O4. The van der Waals surface area contributed by atoms with Crippen LogP contribution in [0, 0.1) is 11.8 Å². The Bertz CT molecular complexity index is 885. The minimum absolute atomic E-state index is 0.0744. The second-order valence-corrected chi connectivity index (χ2v) is 7.87. The summed E-state index contributed by atoms with van der Waals surface area (Å²) in [6.45, 7) is 3.74. The molecule has 8 heteroatoms. The van der Waals surface area contributed by atoms with Gasteiger partial charge in [-0.2, -0.15) is 0 Å². The molecule has 1 aromatic carbocycles. The summed E-state index contributed by atoms with van der Waals surface area (Å²) in [5, 5.41) is 6.13. The number of primary amides is 1. The highest BCUT2D eigenvalue weighted by atomic mass is 16.2. The van der Waals surface area contributed by atoms with Gasteiger partial charge in [-0.05, 0) is 25.8 Å². The van der Waals surface area contributed by atoms with Crippen LogP contribution in [0.2, 0.25) is 0 Å². The number of para-hydroxylation sites is 1. The number of amides is 4. The van der Waals surface area contributed by atoms with E-state index in [1.54, 1.807) is 12.1 Å². The molecule has 28 heavy (non-hydrogen) atoms. The van der Waals surface area contributed by atoms with Crippen LogP contribution in [0.5, 0.6) is 0 Å². The molecule has 0 saturated carbocycles. The average Bonchev–Trinajstić information content (AvgIpc) is 3.24. The van der Waals surface area contributed by atoms with Crippen molar-refractivity contribution in [3.63, 3.8) is 0 Å². The number of rotatable bonds is 5. The number of carbonyl (C=O) groups is 4. The van der Waals surface area contributed by atoms with Gasteiger partial charge in [0.25, 0.3) is 0 Å². The van der Waals surface area contributed by atoms with Gasteiger partial charge in [-0.3, -0.25) is 29.4 Å². The summed E-state index contributed by atoms with van der Waals surface area (Å²) in [5.74, 6) is -2.96. The van der Waals surface area contributed by atoms with Crippen molar-refractivity contribution in [2.75, 3.05) is 5.32 Å². The monoisotopic (exact) mass is 384 g/mol. The lowest BCUT2D eigenvalue weighted by molar-refractivity contribution is -0.145. The number of nitrogens with one attached hydrogen (secondary N) is 2. The van der Waals surface area contributed by atoms with E-state index in [-0.39, 0.29) is 30.2 Å². The summed E-state index contributed by atoms with van der Waals surface area (Å²) in [7, 11) is 0. The van der Waals surface area contributed by atoms with E-state index in [0.29, 0.717) is 24.1 Å². The van der Waals surface area contributed by atoms with Crippen LogP contribution in [0.4, 0.5) is 5.69 Å². The summed E-state index contributed by atoms with van der Waals surface area (Å²) in [4.78, 5) is 52.4. The number of anilines is 1. The Morgan fingerprint density at radius 3 is 2.64 bits per heavy atom. The number of benzene rings is 1. The van der Waals surface area contributed by atoms with Crippen molar-refractivity contribution in [2.45, 2.75) is 50.7 Å². The predicted molar refractivity (Wildman–Crippen MR) is 101 cm³/mol. The van der Waals surface area contributed by atoms with Crippen LogP contribution < -0.4 is 16.4 Å². The third-order valence-electron chi connectivity index (χ3n) is 6.39. The molecule has 0 aromatic heterocycles. The fraction of sp³-hybridized carbons (Fsp3) is 0.500. The van der Waals surface area contributed by atoms with Gasteiger partial charge in [0.05, 0.1) is 11.8 Å². The average molecular weight is 384 g/mol. The van der Waals surface area contributed by atoms with Gasteiger partial charge < -0.3 is 11.1 Å². The lowest BCUT2D eigenvalue weighted by Gasteiger charge is -2.31. The van der Waals surface area contributed by atoms with E-state index in [1.807, 2.05) is 26.0 Å². The molecule has 0 aliphatic carbocycles. The normalized spacial score (nSPS) is 31.9. The zero-order valence-corrected chi connectivity index (χ0v) is 15.9. The zero-order valence-electron chi connectivity index (χ0n) is 15.9. The molecule has 5 atom stereocenters. The molecule has 0 bridgehead atoms. The number of fused-ring (bicyclic) bond motifs is 4. The van der Waals surface area contributed by atoms with Crippen LogP contribution in [-0.4, -0.2) is 40.6 Å². The van der Waals surface area contributed by atoms with Gasteiger partial charge in [-0.15, -0.1) is 0 Å². The third kappa shape index (κ3) is 2.33. The standard InChI is InChI=1S/C20H24N4O4/c1-3-10(2)24-17(26)15-13(8-9-14(21)25)23-20(16(15)18(24)27)11-6-4-5-7-12(11)22-19(20)28/h4-7,10,13,15-16,23H,3,8-9H2,1-2H3,(H2,21,25)(H,22,28)/t10-,13-,15+,16-,20-/m0/s1. The molecule has 148 valence electrons. The number of imide groups is 1. The second-order valence-electron chi connectivity index (χ2n) is 7.87. The molecule has 3 aliphatic heterocycles. The molecule has 3 heterocycles. The van der Waals surface area contributed by atoms with Crippen LogP contribution >= 0.6 is 0 Å². The highest BCUT2D eigenvalue weighted by Gasteiger charge is 2.70. The van der Waals surface area contributed by atoms with Gasteiger partial charge in [-0.1, -0.05) is 25.1 Å². The first-order valence-corrected chi connectivity index (χ1v) is 9.66. The molecule has 8 nitrogen and oxygen atoms in total. The SMILES string of the molecule is CC[C@H](C)N1C(=O)[C@@H]2[C@H](CCC(N)=O)N[C@]3(C(=O)Nc4ccccc43)[C@@H]2C1=O. The topological polar surface area (TPSA) is 122 Å². The first kappa shape index (κ1) is 18.6. The van der Waals surface area contributed by atoms with E-state index in [1.165, 1.54) is 4.90 Å². The largest absolute Gasteiger partial charge is 0.370 e. The van der Waals surface area contributed by atoms with Crippen molar-refractivity contribution >= 4 is 29.3 Å².